The second-order valence-corrected chi connectivity index (χ2v) is 6.74. The Morgan fingerprint density at radius 3 is 2.23 bits per heavy atom. The van der Waals surface area contributed by atoms with Gasteiger partial charge in [-0.25, -0.2) is 4.21 Å². The van der Waals surface area contributed by atoms with Crippen LogP contribution in [-0.4, -0.2) is 15.7 Å². The highest BCUT2D eigenvalue weighted by Crippen LogP contribution is 2.10. The Balaban J connectivity index is 3.95. The summed E-state index contributed by atoms with van der Waals surface area (Å²) in [5.74, 6) is 2.14. The molecule has 1 N–H and O–H groups in total. The minimum absolute atomic E-state index is 0.428. The number of hydrogen-bond donors (Lipinski definition) is 1. The maximum atomic E-state index is 11.7. The molecule has 2 nitrogen and oxygen atoms in total. The lowest BCUT2D eigenvalue weighted by atomic mass is 10.2. The molecule has 3 heteroatoms. The normalized spacial score (nSPS) is 18.5. The first-order valence-electron chi connectivity index (χ1n) is 5.11. The Morgan fingerprint density at radius 2 is 1.85 bits per heavy atom. The van der Waals surface area contributed by atoms with Gasteiger partial charge in [0.15, 0.2) is 0 Å². The van der Waals surface area contributed by atoms with Crippen LogP contribution in [0.15, 0.2) is 0 Å². The summed E-state index contributed by atoms with van der Waals surface area (Å²) in [6.45, 7) is 8.38. The fourth-order valence-electron chi connectivity index (χ4n) is 1.09. The number of hydrogen-bond acceptors (Lipinski definition) is 2. The van der Waals surface area contributed by atoms with Crippen LogP contribution < -0.4 is 0 Å². The molecular weight excluding hydrogens is 182 g/mol. The topological polar surface area (TPSA) is 40.9 Å². The average molecular weight is 205 g/mol. The van der Waals surface area contributed by atoms with Crippen molar-refractivity contribution in [1.82, 2.24) is 0 Å². The lowest BCUT2D eigenvalue weighted by Gasteiger charge is -2.12. The Kier molecular flexibility index (Phi) is 5.61. The largest absolute Gasteiger partial charge is 0.253 e. The monoisotopic (exact) mass is 205 g/mol. The minimum Gasteiger partial charge on any atom is -0.253 e. The van der Waals surface area contributed by atoms with Gasteiger partial charge in [-0.2, -0.15) is 0 Å². The molecule has 0 aliphatic carbocycles. The molecule has 0 rings (SSSR count). The Bertz CT molecular complexity index is 219. The first kappa shape index (κ1) is 12.9. The lowest BCUT2D eigenvalue weighted by molar-refractivity contribution is 0.593. The molecule has 0 aromatic heterocycles. The van der Waals surface area contributed by atoms with Crippen molar-refractivity contribution in [3.05, 3.63) is 0 Å². The van der Waals surface area contributed by atoms with Crippen LogP contribution in [0.25, 0.3) is 0 Å². The van der Waals surface area contributed by atoms with E-state index in [1.54, 1.807) is 0 Å². The molecule has 0 saturated carbocycles. The molecule has 0 bridgehead atoms. The Morgan fingerprint density at radius 1 is 1.31 bits per heavy atom. The highest BCUT2D eigenvalue weighted by Gasteiger charge is 2.11. The third-order valence-corrected chi connectivity index (χ3v) is 4.28. The fraction of sp³-hybridized carbons (Fsp3) is 1.00. The summed E-state index contributed by atoms with van der Waals surface area (Å²) in [4.78, 5) is 0. The maximum Gasteiger partial charge on any atom is 0.0444 e. The molecule has 0 saturated heterocycles. The molecule has 0 radical (unpaired) electrons. The van der Waals surface area contributed by atoms with E-state index in [0.717, 1.165) is 12.8 Å². The van der Waals surface area contributed by atoms with Crippen LogP contribution in [-0.2, 0) is 9.73 Å². The zero-order chi connectivity index (χ0) is 10.5. The first-order valence-corrected chi connectivity index (χ1v) is 7.01. The highest BCUT2D eigenvalue weighted by molar-refractivity contribution is 7.92. The van der Waals surface area contributed by atoms with Gasteiger partial charge in [-0.3, -0.25) is 4.78 Å². The number of nitrogens with one attached hydrogen (secondary N) is 1. The van der Waals surface area contributed by atoms with Crippen molar-refractivity contribution in [3.8, 4) is 0 Å². The molecule has 0 spiro atoms. The van der Waals surface area contributed by atoms with Crippen LogP contribution in [0, 0.1) is 16.6 Å². The van der Waals surface area contributed by atoms with Crippen molar-refractivity contribution in [1.29, 1.82) is 4.78 Å². The lowest BCUT2D eigenvalue weighted by Crippen LogP contribution is -2.16. The third kappa shape index (κ3) is 7.05. The van der Waals surface area contributed by atoms with Crippen molar-refractivity contribution in [2.75, 3.05) is 11.5 Å². The van der Waals surface area contributed by atoms with E-state index in [1.807, 2.05) is 0 Å². The molecule has 0 heterocycles. The molecule has 0 aromatic carbocycles. The van der Waals surface area contributed by atoms with E-state index in [1.165, 1.54) is 0 Å². The van der Waals surface area contributed by atoms with E-state index in [0.29, 0.717) is 23.3 Å². The Labute approximate surface area is 83.1 Å². The molecule has 0 aliphatic rings. The number of rotatable bonds is 6. The van der Waals surface area contributed by atoms with Gasteiger partial charge in [0.25, 0.3) is 0 Å². The summed E-state index contributed by atoms with van der Waals surface area (Å²) in [6.07, 6.45) is 1.94. The van der Waals surface area contributed by atoms with Crippen LogP contribution in [0.2, 0.25) is 0 Å². The third-order valence-electron chi connectivity index (χ3n) is 2.28. The summed E-state index contributed by atoms with van der Waals surface area (Å²) in [7, 11) is -2.29. The van der Waals surface area contributed by atoms with Crippen LogP contribution in [0.4, 0.5) is 0 Å². The standard InChI is InChI=1S/C10H23NOS/c1-5-10(4)8-13(11,12)7-6-9(2)3/h9-11H,5-8H2,1-4H3/t10-,13+/m0/s1. The molecule has 0 aliphatic heterocycles. The van der Waals surface area contributed by atoms with Crippen molar-refractivity contribution >= 4 is 9.73 Å². The summed E-state index contributed by atoms with van der Waals surface area (Å²) in [5.41, 5.74) is 0. The van der Waals surface area contributed by atoms with E-state index in [-0.39, 0.29) is 0 Å². The molecule has 80 valence electrons. The van der Waals surface area contributed by atoms with E-state index in [2.05, 4.69) is 27.7 Å². The molecule has 0 fully saturated rings. The first-order chi connectivity index (χ1) is 5.87. The molecule has 0 amide bonds. The van der Waals surface area contributed by atoms with E-state index >= 15 is 0 Å². The van der Waals surface area contributed by atoms with Gasteiger partial charge in [-0.05, 0) is 18.3 Å². The summed E-state index contributed by atoms with van der Waals surface area (Å²) in [5, 5.41) is 0. The smallest absolute Gasteiger partial charge is 0.0444 e. The minimum atomic E-state index is -2.29. The van der Waals surface area contributed by atoms with Crippen molar-refractivity contribution < 1.29 is 4.21 Å². The van der Waals surface area contributed by atoms with Crippen LogP contribution in [0.1, 0.15) is 40.5 Å². The van der Waals surface area contributed by atoms with Crippen molar-refractivity contribution in [2.24, 2.45) is 11.8 Å². The second kappa shape index (κ2) is 5.63. The van der Waals surface area contributed by atoms with Gasteiger partial charge in [0.1, 0.15) is 0 Å². The predicted octanol–water partition coefficient (Wildman–Crippen LogP) is 3.13. The van der Waals surface area contributed by atoms with E-state index in [9.17, 15) is 4.21 Å². The van der Waals surface area contributed by atoms with Gasteiger partial charge in [0.2, 0.25) is 0 Å². The van der Waals surface area contributed by atoms with Crippen molar-refractivity contribution in [2.45, 2.75) is 40.5 Å². The SMILES string of the molecule is CC[C@H](C)C[S@](=N)(=O)CCC(C)C. The molecule has 13 heavy (non-hydrogen) atoms. The van der Waals surface area contributed by atoms with Crippen LogP contribution >= 0.6 is 0 Å². The summed E-state index contributed by atoms with van der Waals surface area (Å²) in [6, 6.07) is 0. The predicted molar refractivity (Wildman–Crippen MR) is 59.5 cm³/mol. The fourth-order valence-corrected chi connectivity index (χ4v) is 3.26. The summed E-state index contributed by atoms with van der Waals surface area (Å²) >= 11 is 0. The van der Waals surface area contributed by atoms with Crippen LogP contribution in [0.5, 0.6) is 0 Å². The molecular formula is C10H23NOS. The van der Waals surface area contributed by atoms with Crippen molar-refractivity contribution in [3.63, 3.8) is 0 Å². The van der Waals surface area contributed by atoms with E-state index in [4.69, 9.17) is 4.78 Å². The molecule has 2 atom stereocenters. The van der Waals surface area contributed by atoms with Gasteiger partial charge in [0, 0.05) is 21.2 Å². The zero-order valence-electron chi connectivity index (χ0n) is 9.30. The second-order valence-electron chi connectivity index (χ2n) is 4.38. The highest BCUT2D eigenvalue weighted by atomic mass is 32.2. The quantitative estimate of drug-likeness (QED) is 0.711. The van der Waals surface area contributed by atoms with Gasteiger partial charge >= 0.3 is 0 Å². The van der Waals surface area contributed by atoms with Gasteiger partial charge in [-0.1, -0.05) is 34.1 Å². The van der Waals surface area contributed by atoms with Gasteiger partial charge < -0.3 is 0 Å². The molecule has 0 aromatic rings. The van der Waals surface area contributed by atoms with Gasteiger partial charge in [-0.15, -0.1) is 0 Å². The van der Waals surface area contributed by atoms with Gasteiger partial charge in [0.05, 0.1) is 0 Å². The molecule has 0 unspecified atom stereocenters. The average Bonchev–Trinajstić information content (AvgIpc) is 2.00. The zero-order valence-corrected chi connectivity index (χ0v) is 10.1. The maximum absolute atomic E-state index is 11.7. The van der Waals surface area contributed by atoms with Crippen LogP contribution in [0.3, 0.4) is 0 Å². The Hall–Kier alpha value is -0.0500. The van der Waals surface area contributed by atoms with E-state index < -0.39 is 9.73 Å². The summed E-state index contributed by atoms with van der Waals surface area (Å²) < 4.78 is 19.4.